The third kappa shape index (κ3) is 4.46. The second-order valence-corrected chi connectivity index (χ2v) is 13.6. The average Bonchev–Trinajstić information content (AvgIpc) is 3.71. The predicted molar refractivity (Wildman–Crippen MR) is 220 cm³/mol. The smallest absolute Gasteiger partial charge is 0.138 e. The van der Waals surface area contributed by atoms with E-state index in [1.54, 1.807) is 0 Å². The van der Waals surface area contributed by atoms with Crippen molar-refractivity contribution in [2.75, 3.05) is 4.90 Å². The van der Waals surface area contributed by atoms with Gasteiger partial charge in [0.2, 0.25) is 0 Å². The Balaban J connectivity index is 1.19. The molecule has 0 unspecified atom stereocenters. The van der Waals surface area contributed by atoms with E-state index in [0.717, 1.165) is 56.4 Å². The summed E-state index contributed by atoms with van der Waals surface area (Å²) < 4.78 is 4.73. The summed E-state index contributed by atoms with van der Waals surface area (Å²) in [7, 11) is 0. The minimum atomic E-state index is 0.901. The lowest BCUT2D eigenvalue weighted by atomic mass is 9.97. The maximum Gasteiger partial charge on any atom is 0.138 e. The SMILES string of the molecule is c1ccc(N2c3ccccc3-c3c(n(-c4ccccc4)c4ccc(-c5cccc(-n6c7ccccc7c7ccccc76)n5)cc34)-c3ccccc32)cc1. The van der Waals surface area contributed by atoms with Crippen LogP contribution in [0.5, 0.6) is 0 Å². The van der Waals surface area contributed by atoms with Crippen molar-refractivity contribution in [3.8, 4) is 45.1 Å². The summed E-state index contributed by atoms with van der Waals surface area (Å²) in [6, 6.07) is 69.5. The molecule has 7 aromatic carbocycles. The van der Waals surface area contributed by atoms with E-state index < -0.39 is 0 Å². The van der Waals surface area contributed by atoms with Crippen molar-refractivity contribution < 1.29 is 0 Å². The number of aromatic nitrogens is 3. The Labute approximate surface area is 307 Å². The van der Waals surface area contributed by atoms with Crippen molar-refractivity contribution in [3.05, 3.63) is 194 Å². The third-order valence-electron chi connectivity index (χ3n) is 10.6. The van der Waals surface area contributed by atoms with Crippen molar-refractivity contribution in [1.82, 2.24) is 14.1 Å². The van der Waals surface area contributed by atoms with E-state index >= 15 is 0 Å². The fraction of sp³-hybridized carbons (Fsp3) is 0. The molecule has 0 saturated carbocycles. The molecule has 4 heteroatoms. The quantitative estimate of drug-likeness (QED) is 0.185. The maximum atomic E-state index is 5.37. The Morgan fingerprint density at radius 3 is 1.66 bits per heavy atom. The Morgan fingerprint density at radius 2 is 0.943 bits per heavy atom. The molecule has 248 valence electrons. The van der Waals surface area contributed by atoms with Gasteiger partial charge >= 0.3 is 0 Å². The first-order chi connectivity index (χ1) is 26.3. The number of hydrogen-bond donors (Lipinski definition) is 0. The lowest BCUT2D eigenvalue weighted by molar-refractivity contribution is 1.08. The van der Waals surface area contributed by atoms with Crippen molar-refractivity contribution in [1.29, 1.82) is 0 Å². The number of rotatable bonds is 4. The van der Waals surface area contributed by atoms with Crippen molar-refractivity contribution in [2.45, 2.75) is 0 Å². The van der Waals surface area contributed by atoms with E-state index in [1.165, 1.54) is 38.5 Å². The first kappa shape index (κ1) is 29.5. The molecule has 11 rings (SSSR count). The van der Waals surface area contributed by atoms with Gasteiger partial charge in [-0.2, -0.15) is 0 Å². The highest BCUT2D eigenvalue weighted by atomic mass is 15.2. The van der Waals surface area contributed by atoms with E-state index in [4.69, 9.17) is 4.98 Å². The highest BCUT2D eigenvalue weighted by Crippen LogP contribution is 2.54. The monoisotopic (exact) mass is 676 g/mol. The molecule has 4 heterocycles. The summed E-state index contributed by atoms with van der Waals surface area (Å²) in [5.41, 5.74) is 14.8. The molecule has 0 fully saturated rings. The molecule has 4 nitrogen and oxygen atoms in total. The fourth-order valence-corrected chi connectivity index (χ4v) is 8.44. The maximum absolute atomic E-state index is 5.37. The molecule has 0 bridgehead atoms. The standard InChI is InChI=1S/C49H32N4/c1-3-16-34(17-4-1)51-44-27-13-9-22-38(44)48-40-32-33(30-31-46(40)52(35-18-5-2-6-19-35)49(48)39-23-10-14-28-45(39)51)41-24-15-29-47(50-41)53-42-25-11-7-20-36(42)37-21-8-12-26-43(37)53/h1-32H. The first-order valence-electron chi connectivity index (χ1n) is 18.1. The molecule has 0 saturated heterocycles. The Morgan fingerprint density at radius 1 is 0.377 bits per heavy atom. The van der Waals surface area contributed by atoms with Crippen LogP contribution in [0, 0.1) is 0 Å². The van der Waals surface area contributed by atoms with Crippen LogP contribution in [0.2, 0.25) is 0 Å². The number of pyridine rings is 1. The van der Waals surface area contributed by atoms with Gasteiger partial charge in [-0.15, -0.1) is 0 Å². The number of fused-ring (bicyclic) bond motifs is 10. The summed E-state index contributed by atoms with van der Waals surface area (Å²) in [6.07, 6.45) is 0. The van der Waals surface area contributed by atoms with Crippen molar-refractivity contribution in [2.24, 2.45) is 0 Å². The van der Waals surface area contributed by atoms with Crippen LogP contribution in [-0.4, -0.2) is 14.1 Å². The number of nitrogens with zero attached hydrogens (tertiary/aromatic N) is 4. The van der Waals surface area contributed by atoms with Gasteiger partial charge in [0.15, 0.2) is 0 Å². The summed E-state index contributed by atoms with van der Waals surface area (Å²) >= 11 is 0. The molecule has 3 aromatic heterocycles. The Bertz CT molecular complexity index is 2950. The number of anilines is 3. The summed E-state index contributed by atoms with van der Waals surface area (Å²) in [4.78, 5) is 7.78. The minimum absolute atomic E-state index is 0.901. The molecule has 0 spiro atoms. The van der Waals surface area contributed by atoms with Crippen LogP contribution in [0.15, 0.2) is 194 Å². The van der Waals surface area contributed by atoms with Crippen LogP contribution >= 0.6 is 0 Å². The zero-order valence-electron chi connectivity index (χ0n) is 28.8. The molecule has 0 N–H and O–H groups in total. The van der Waals surface area contributed by atoms with Crippen LogP contribution in [0.4, 0.5) is 17.1 Å². The second-order valence-electron chi connectivity index (χ2n) is 13.6. The highest BCUT2D eigenvalue weighted by molar-refractivity contribution is 6.14. The summed E-state index contributed by atoms with van der Waals surface area (Å²) in [5.74, 6) is 0.901. The summed E-state index contributed by atoms with van der Waals surface area (Å²) in [5, 5.41) is 3.64. The largest absolute Gasteiger partial charge is 0.309 e. The van der Waals surface area contributed by atoms with E-state index in [1.807, 2.05) is 0 Å². The van der Waals surface area contributed by atoms with Gasteiger partial charge in [0.25, 0.3) is 0 Å². The van der Waals surface area contributed by atoms with Crippen molar-refractivity contribution >= 4 is 49.8 Å². The first-order valence-corrected chi connectivity index (χ1v) is 18.1. The third-order valence-corrected chi connectivity index (χ3v) is 10.6. The number of hydrogen-bond acceptors (Lipinski definition) is 2. The number of para-hydroxylation sites is 6. The zero-order valence-corrected chi connectivity index (χ0v) is 28.8. The van der Waals surface area contributed by atoms with E-state index in [0.29, 0.717) is 0 Å². The normalized spacial score (nSPS) is 12.1. The van der Waals surface area contributed by atoms with Gasteiger partial charge < -0.3 is 9.47 Å². The van der Waals surface area contributed by atoms with E-state index in [-0.39, 0.29) is 0 Å². The lowest BCUT2D eigenvalue weighted by Gasteiger charge is -2.27. The molecule has 1 aliphatic heterocycles. The topological polar surface area (TPSA) is 26.0 Å². The lowest BCUT2D eigenvalue weighted by Crippen LogP contribution is -2.11. The minimum Gasteiger partial charge on any atom is -0.309 e. The number of benzene rings is 7. The van der Waals surface area contributed by atoms with Crippen LogP contribution in [0.3, 0.4) is 0 Å². The van der Waals surface area contributed by atoms with Gasteiger partial charge in [0, 0.05) is 49.8 Å². The summed E-state index contributed by atoms with van der Waals surface area (Å²) in [6.45, 7) is 0. The van der Waals surface area contributed by atoms with Gasteiger partial charge in [-0.3, -0.25) is 4.57 Å². The Hall–Kier alpha value is -7.17. The molecule has 0 atom stereocenters. The fourth-order valence-electron chi connectivity index (χ4n) is 8.44. The van der Waals surface area contributed by atoms with Gasteiger partial charge in [0.05, 0.1) is 39.3 Å². The molecule has 10 aromatic rings. The highest BCUT2D eigenvalue weighted by Gasteiger charge is 2.31. The van der Waals surface area contributed by atoms with Crippen LogP contribution in [0.25, 0.3) is 77.9 Å². The van der Waals surface area contributed by atoms with Gasteiger partial charge in [-0.05, 0) is 72.8 Å². The molecular formula is C49H32N4. The molecule has 1 aliphatic rings. The molecular weight excluding hydrogens is 645 g/mol. The van der Waals surface area contributed by atoms with E-state index in [9.17, 15) is 0 Å². The average molecular weight is 677 g/mol. The molecule has 53 heavy (non-hydrogen) atoms. The molecule has 0 aliphatic carbocycles. The second kappa shape index (κ2) is 11.7. The predicted octanol–water partition coefficient (Wildman–Crippen LogP) is 12.9. The van der Waals surface area contributed by atoms with E-state index in [2.05, 4.69) is 208 Å². The van der Waals surface area contributed by atoms with Crippen LogP contribution < -0.4 is 4.90 Å². The zero-order chi connectivity index (χ0) is 34.9. The molecule has 0 radical (unpaired) electrons. The van der Waals surface area contributed by atoms with Crippen molar-refractivity contribution in [3.63, 3.8) is 0 Å². The van der Waals surface area contributed by atoms with Crippen LogP contribution in [0.1, 0.15) is 0 Å². The Kier molecular flexibility index (Phi) is 6.52. The molecule has 0 amide bonds. The van der Waals surface area contributed by atoms with Gasteiger partial charge in [-0.1, -0.05) is 121 Å². The van der Waals surface area contributed by atoms with Gasteiger partial charge in [0.1, 0.15) is 5.82 Å². The van der Waals surface area contributed by atoms with Crippen LogP contribution in [-0.2, 0) is 0 Å². The van der Waals surface area contributed by atoms with Gasteiger partial charge in [-0.25, -0.2) is 4.98 Å².